The summed E-state index contributed by atoms with van der Waals surface area (Å²) in [7, 11) is 0. The number of fused-ring (bicyclic) bond motifs is 1. The van der Waals surface area contributed by atoms with Crippen LogP contribution in [0.3, 0.4) is 0 Å². The van der Waals surface area contributed by atoms with Crippen molar-refractivity contribution in [3.05, 3.63) is 23.5 Å². The van der Waals surface area contributed by atoms with Crippen LogP contribution in [0.4, 0.5) is 0 Å². The molecule has 1 atom stereocenters. The zero-order chi connectivity index (χ0) is 14.1. The van der Waals surface area contributed by atoms with E-state index in [4.69, 9.17) is 4.74 Å². The average Bonchev–Trinajstić information content (AvgIpc) is 3.03. The molecule has 0 spiro atoms. The van der Waals surface area contributed by atoms with E-state index in [2.05, 4.69) is 35.3 Å². The lowest BCUT2D eigenvalue weighted by atomic mass is 10.2. The van der Waals surface area contributed by atoms with E-state index in [0.717, 1.165) is 35.9 Å². The molecule has 5 nitrogen and oxygen atoms in total. The Labute approximate surface area is 119 Å². The maximum absolute atomic E-state index is 5.88. The van der Waals surface area contributed by atoms with Gasteiger partial charge in [0.1, 0.15) is 0 Å². The number of hydrogen-bond donors (Lipinski definition) is 1. The lowest BCUT2D eigenvalue weighted by Gasteiger charge is -2.10. The van der Waals surface area contributed by atoms with Crippen LogP contribution in [-0.4, -0.2) is 27.7 Å². The van der Waals surface area contributed by atoms with Crippen molar-refractivity contribution in [1.82, 2.24) is 19.9 Å². The Balaban J connectivity index is 1.96. The molecule has 2 aromatic rings. The Morgan fingerprint density at radius 3 is 3.00 bits per heavy atom. The van der Waals surface area contributed by atoms with Gasteiger partial charge in [0, 0.05) is 17.8 Å². The van der Waals surface area contributed by atoms with Crippen molar-refractivity contribution in [2.45, 2.75) is 39.7 Å². The first-order valence-corrected chi connectivity index (χ1v) is 7.37. The van der Waals surface area contributed by atoms with Crippen LogP contribution < -0.4 is 10.1 Å². The van der Waals surface area contributed by atoms with Crippen molar-refractivity contribution < 1.29 is 4.74 Å². The first-order chi connectivity index (χ1) is 9.63. The zero-order valence-corrected chi connectivity index (χ0v) is 12.4. The Morgan fingerprint density at radius 1 is 1.45 bits per heavy atom. The van der Waals surface area contributed by atoms with Gasteiger partial charge in [-0.25, -0.2) is 4.98 Å². The van der Waals surface area contributed by atoms with Gasteiger partial charge in [-0.05, 0) is 32.2 Å². The normalized spacial score (nSPS) is 19.1. The molecule has 20 heavy (non-hydrogen) atoms. The van der Waals surface area contributed by atoms with Crippen molar-refractivity contribution in [3.8, 4) is 5.88 Å². The Bertz CT molecular complexity index is 599. The van der Waals surface area contributed by atoms with Gasteiger partial charge < -0.3 is 10.1 Å². The van der Waals surface area contributed by atoms with Crippen LogP contribution in [-0.2, 0) is 0 Å². The molecule has 0 saturated carbocycles. The first-order valence-electron chi connectivity index (χ1n) is 7.37. The molecule has 3 heterocycles. The van der Waals surface area contributed by atoms with Crippen LogP contribution >= 0.6 is 0 Å². The Kier molecular flexibility index (Phi) is 3.61. The van der Waals surface area contributed by atoms with Crippen LogP contribution in [0.25, 0.3) is 5.65 Å². The summed E-state index contributed by atoms with van der Waals surface area (Å²) < 4.78 is 7.70. The largest absolute Gasteiger partial charge is 0.477 e. The van der Waals surface area contributed by atoms with Crippen molar-refractivity contribution in [1.29, 1.82) is 0 Å². The fourth-order valence-corrected chi connectivity index (χ4v) is 2.55. The molecule has 5 heteroatoms. The molecule has 1 aliphatic heterocycles. The minimum absolute atomic E-state index is 0.356. The summed E-state index contributed by atoms with van der Waals surface area (Å²) >= 11 is 0. The fourth-order valence-electron chi connectivity index (χ4n) is 2.55. The highest BCUT2D eigenvalue weighted by atomic mass is 16.5. The number of ether oxygens (including phenoxy) is 1. The van der Waals surface area contributed by atoms with Gasteiger partial charge in [0.2, 0.25) is 5.88 Å². The third kappa shape index (κ3) is 2.63. The zero-order valence-electron chi connectivity index (χ0n) is 12.4. The molecule has 108 valence electrons. The Morgan fingerprint density at radius 2 is 2.30 bits per heavy atom. The third-order valence-corrected chi connectivity index (χ3v) is 3.52. The molecule has 1 fully saturated rings. The monoisotopic (exact) mass is 274 g/mol. The summed E-state index contributed by atoms with van der Waals surface area (Å²) in [4.78, 5) is 4.55. The van der Waals surface area contributed by atoms with Gasteiger partial charge in [-0.15, -0.1) is 0 Å². The van der Waals surface area contributed by atoms with E-state index in [0.29, 0.717) is 18.6 Å². The molecule has 1 N–H and O–H groups in total. The van der Waals surface area contributed by atoms with Gasteiger partial charge in [-0.2, -0.15) is 9.61 Å². The summed E-state index contributed by atoms with van der Waals surface area (Å²) in [5, 5.41) is 8.15. The molecule has 0 aliphatic carbocycles. The third-order valence-electron chi connectivity index (χ3n) is 3.52. The SMILES string of the molecule is Cc1cc(OCC(C)C)n2nc(C3CCCN3)cc2n1. The first kappa shape index (κ1) is 13.4. The number of nitrogens with one attached hydrogen (secondary N) is 1. The topological polar surface area (TPSA) is 51.5 Å². The molecular weight excluding hydrogens is 252 g/mol. The van der Waals surface area contributed by atoms with Gasteiger partial charge in [0.15, 0.2) is 5.65 Å². The maximum atomic E-state index is 5.88. The van der Waals surface area contributed by atoms with Gasteiger partial charge in [0.25, 0.3) is 0 Å². The summed E-state index contributed by atoms with van der Waals surface area (Å²) in [6.07, 6.45) is 2.35. The van der Waals surface area contributed by atoms with E-state index in [1.807, 2.05) is 17.5 Å². The fraction of sp³-hybridized carbons (Fsp3) is 0.600. The van der Waals surface area contributed by atoms with E-state index in [9.17, 15) is 0 Å². The average molecular weight is 274 g/mol. The van der Waals surface area contributed by atoms with Gasteiger partial charge in [0.05, 0.1) is 18.3 Å². The van der Waals surface area contributed by atoms with Crippen LogP contribution in [0, 0.1) is 12.8 Å². The smallest absolute Gasteiger partial charge is 0.218 e. The number of aromatic nitrogens is 3. The second kappa shape index (κ2) is 5.40. The second-order valence-electron chi connectivity index (χ2n) is 5.93. The second-order valence-corrected chi connectivity index (χ2v) is 5.93. The van der Waals surface area contributed by atoms with Crippen molar-refractivity contribution >= 4 is 5.65 Å². The molecular formula is C15H22N4O. The molecule has 0 bridgehead atoms. The van der Waals surface area contributed by atoms with E-state index in [1.54, 1.807) is 0 Å². The summed E-state index contributed by atoms with van der Waals surface area (Å²) in [5.41, 5.74) is 2.89. The summed E-state index contributed by atoms with van der Waals surface area (Å²) in [6.45, 7) is 8.03. The maximum Gasteiger partial charge on any atom is 0.218 e. The molecule has 1 unspecified atom stereocenters. The molecule has 1 aliphatic rings. The minimum atomic E-state index is 0.356. The lowest BCUT2D eigenvalue weighted by molar-refractivity contribution is 0.254. The quantitative estimate of drug-likeness (QED) is 0.930. The van der Waals surface area contributed by atoms with Gasteiger partial charge >= 0.3 is 0 Å². The number of nitrogens with zero attached hydrogens (tertiary/aromatic N) is 3. The summed E-state index contributed by atoms with van der Waals surface area (Å²) in [5.74, 6) is 1.27. The predicted molar refractivity (Wildman–Crippen MR) is 78.0 cm³/mol. The molecule has 3 rings (SSSR count). The standard InChI is InChI=1S/C15H22N4O/c1-10(2)9-20-15-7-11(3)17-14-8-13(18-19(14)15)12-5-4-6-16-12/h7-8,10,12,16H,4-6,9H2,1-3H3. The highest BCUT2D eigenvalue weighted by molar-refractivity contribution is 5.44. The van der Waals surface area contributed by atoms with Crippen molar-refractivity contribution in [2.75, 3.05) is 13.2 Å². The molecule has 2 aromatic heterocycles. The van der Waals surface area contributed by atoms with E-state index in [1.165, 1.54) is 6.42 Å². The van der Waals surface area contributed by atoms with E-state index < -0.39 is 0 Å². The van der Waals surface area contributed by atoms with Crippen LogP contribution in [0.1, 0.15) is 44.1 Å². The van der Waals surface area contributed by atoms with Crippen LogP contribution in [0.5, 0.6) is 5.88 Å². The Hall–Kier alpha value is -1.62. The van der Waals surface area contributed by atoms with E-state index >= 15 is 0 Å². The molecule has 0 aromatic carbocycles. The number of hydrogen-bond acceptors (Lipinski definition) is 4. The highest BCUT2D eigenvalue weighted by Gasteiger charge is 2.20. The minimum Gasteiger partial charge on any atom is -0.477 e. The van der Waals surface area contributed by atoms with Crippen LogP contribution in [0.2, 0.25) is 0 Å². The molecule has 1 saturated heterocycles. The summed E-state index contributed by atoms with van der Waals surface area (Å²) in [6, 6.07) is 4.38. The predicted octanol–water partition coefficient (Wildman–Crippen LogP) is 2.50. The van der Waals surface area contributed by atoms with Gasteiger partial charge in [-0.3, -0.25) is 0 Å². The van der Waals surface area contributed by atoms with Crippen molar-refractivity contribution in [3.63, 3.8) is 0 Å². The number of aryl methyl sites for hydroxylation is 1. The van der Waals surface area contributed by atoms with Gasteiger partial charge in [-0.1, -0.05) is 13.8 Å². The van der Waals surface area contributed by atoms with Crippen molar-refractivity contribution in [2.24, 2.45) is 5.92 Å². The molecule has 0 amide bonds. The lowest BCUT2D eigenvalue weighted by Crippen LogP contribution is -2.13. The number of rotatable bonds is 4. The molecule has 0 radical (unpaired) electrons. The van der Waals surface area contributed by atoms with E-state index in [-0.39, 0.29) is 0 Å². The van der Waals surface area contributed by atoms with Crippen LogP contribution in [0.15, 0.2) is 12.1 Å². The highest BCUT2D eigenvalue weighted by Crippen LogP contribution is 2.24.